The van der Waals surface area contributed by atoms with E-state index in [1.807, 2.05) is 30.5 Å². The zero-order chi connectivity index (χ0) is 14.2. The molecule has 0 amide bonds. The van der Waals surface area contributed by atoms with Crippen molar-refractivity contribution in [2.75, 3.05) is 26.7 Å². The summed E-state index contributed by atoms with van der Waals surface area (Å²) >= 11 is 0. The first-order chi connectivity index (χ1) is 9.79. The molecule has 0 bridgehead atoms. The van der Waals surface area contributed by atoms with Crippen LogP contribution in [0.3, 0.4) is 0 Å². The summed E-state index contributed by atoms with van der Waals surface area (Å²) < 4.78 is 5.14. The molecular formula is C17H26N2O. The lowest BCUT2D eigenvalue weighted by atomic mass is 10.0. The van der Waals surface area contributed by atoms with Crippen LogP contribution < -0.4 is 4.74 Å². The molecule has 110 valence electrons. The summed E-state index contributed by atoms with van der Waals surface area (Å²) in [6.07, 6.45) is 7.22. The Bertz CT molecular complexity index is 414. The van der Waals surface area contributed by atoms with Crippen LogP contribution in [0.5, 0.6) is 5.75 Å². The number of methoxy groups -OCH3 is 1. The molecule has 1 unspecified atom stereocenters. The number of piperidine rings is 1. The SMILES string of the molecule is COc1ccc(C=NCCCN2CCCCC2C)cc1. The Morgan fingerprint density at radius 2 is 2.10 bits per heavy atom. The summed E-state index contributed by atoms with van der Waals surface area (Å²) in [5, 5.41) is 0. The fraction of sp³-hybridized carbons (Fsp3) is 0.588. The number of aliphatic imine (C=N–C) groups is 1. The first-order valence-electron chi connectivity index (χ1n) is 7.67. The van der Waals surface area contributed by atoms with Gasteiger partial charge in [-0.15, -0.1) is 0 Å². The van der Waals surface area contributed by atoms with Crippen molar-refractivity contribution in [1.82, 2.24) is 4.90 Å². The number of nitrogens with zero attached hydrogens (tertiary/aromatic N) is 2. The van der Waals surface area contributed by atoms with Crippen LogP contribution in [0.15, 0.2) is 29.3 Å². The fourth-order valence-corrected chi connectivity index (χ4v) is 2.71. The van der Waals surface area contributed by atoms with Crippen molar-refractivity contribution < 1.29 is 4.74 Å². The van der Waals surface area contributed by atoms with Crippen molar-refractivity contribution in [2.24, 2.45) is 4.99 Å². The lowest BCUT2D eigenvalue weighted by Crippen LogP contribution is -2.38. The van der Waals surface area contributed by atoms with Gasteiger partial charge < -0.3 is 9.64 Å². The topological polar surface area (TPSA) is 24.8 Å². The molecule has 1 heterocycles. The second-order valence-electron chi connectivity index (χ2n) is 5.54. The van der Waals surface area contributed by atoms with E-state index in [1.165, 1.54) is 32.4 Å². The second-order valence-corrected chi connectivity index (χ2v) is 5.54. The highest BCUT2D eigenvalue weighted by Gasteiger charge is 2.16. The average Bonchev–Trinajstić information content (AvgIpc) is 2.49. The van der Waals surface area contributed by atoms with Gasteiger partial charge in [-0.05, 0) is 62.6 Å². The molecule has 0 spiro atoms. The highest BCUT2D eigenvalue weighted by molar-refractivity contribution is 5.79. The van der Waals surface area contributed by atoms with Gasteiger partial charge in [0.05, 0.1) is 7.11 Å². The van der Waals surface area contributed by atoms with E-state index in [2.05, 4.69) is 16.8 Å². The molecule has 3 nitrogen and oxygen atoms in total. The van der Waals surface area contributed by atoms with Crippen molar-refractivity contribution in [1.29, 1.82) is 0 Å². The first kappa shape index (κ1) is 15.0. The minimum absolute atomic E-state index is 0.759. The third kappa shape index (κ3) is 4.64. The molecule has 1 fully saturated rings. The quantitative estimate of drug-likeness (QED) is 0.587. The number of benzene rings is 1. The molecule has 0 saturated carbocycles. The molecular weight excluding hydrogens is 248 g/mol. The summed E-state index contributed by atoms with van der Waals surface area (Å²) in [6.45, 7) is 5.71. The molecule has 3 heteroatoms. The molecule has 1 aromatic carbocycles. The van der Waals surface area contributed by atoms with Gasteiger partial charge in [-0.1, -0.05) is 6.42 Å². The number of ether oxygens (including phenoxy) is 1. The van der Waals surface area contributed by atoms with Gasteiger partial charge in [-0.2, -0.15) is 0 Å². The first-order valence-corrected chi connectivity index (χ1v) is 7.67. The van der Waals surface area contributed by atoms with E-state index in [0.29, 0.717) is 0 Å². The van der Waals surface area contributed by atoms with E-state index in [0.717, 1.165) is 30.3 Å². The summed E-state index contributed by atoms with van der Waals surface area (Å²) in [6, 6.07) is 8.77. The van der Waals surface area contributed by atoms with Gasteiger partial charge in [0.2, 0.25) is 0 Å². The van der Waals surface area contributed by atoms with E-state index in [4.69, 9.17) is 4.74 Å². The Hall–Kier alpha value is -1.35. The average molecular weight is 274 g/mol. The molecule has 2 rings (SSSR count). The fourth-order valence-electron chi connectivity index (χ4n) is 2.71. The van der Waals surface area contributed by atoms with E-state index < -0.39 is 0 Å². The summed E-state index contributed by atoms with van der Waals surface area (Å²) in [5.74, 6) is 0.890. The van der Waals surface area contributed by atoms with Crippen molar-refractivity contribution in [3.8, 4) is 5.75 Å². The Morgan fingerprint density at radius 1 is 1.30 bits per heavy atom. The van der Waals surface area contributed by atoms with E-state index in [-0.39, 0.29) is 0 Å². The second kappa shape index (κ2) is 8.05. The molecule has 1 atom stereocenters. The Labute approximate surface area is 122 Å². The lowest BCUT2D eigenvalue weighted by Gasteiger charge is -2.33. The summed E-state index contributed by atoms with van der Waals surface area (Å²) in [7, 11) is 1.69. The van der Waals surface area contributed by atoms with Gasteiger partial charge in [0, 0.05) is 25.3 Å². The van der Waals surface area contributed by atoms with Crippen LogP contribution in [0, 0.1) is 0 Å². The molecule has 0 aliphatic carbocycles. The number of likely N-dealkylation sites (tertiary alicyclic amines) is 1. The molecule has 0 aromatic heterocycles. The zero-order valence-corrected chi connectivity index (χ0v) is 12.7. The predicted octanol–water partition coefficient (Wildman–Crippen LogP) is 3.38. The standard InChI is InChI=1S/C17H26N2O/c1-15-6-3-4-12-19(15)13-5-11-18-14-16-7-9-17(20-2)10-8-16/h7-10,14-15H,3-6,11-13H2,1-2H3. The predicted molar refractivity (Wildman–Crippen MR) is 85.0 cm³/mol. The largest absolute Gasteiger partial charge is 0.497 e. The van der Waals surface area contributed by atoms with Crippen LogP contribution in [0.25, 0.3) is 0 Å². The maximum atomic E-state index is 5.14. The van der Waals surface area contributed by atoms with Crippen molar-refractivity contribution >= 4 is 6.21 Å². The van der Waals surface area contributed by atoms with E-state index in [9.17, 15) is 0 Å². The molecule has 1 aromatic rings. The molecule has 1 aliphatic heterocycles. The van der Waals surface area contributed by atoms with Crippen molar-refractivity contribution in [3.05, 3.63) is 29.8 Å². The van der Waals surface area contributed by atoms with Gasteiger partial charge in [0.15, 0.2) is 0 Å². The van der Waals surface area contributed by atoms with E-state index in [1.54, 1.807) is 7.11 Å². The van der Waals surface area contributed by atoms with Gasteiger partial charge >= 0.3 is 0 Å². The van der Waals surface area contributed by atoms with Crippen LogP contribution >= 0.6 is 0 Å². The van der Waals surface area contributed by atoms with Gasteiger partial charge in [0.1, 0.15) is 5.75 Å². The smallest absolute Gasteiger partial charge is 0.118 e. The lowest BCUT2D eigenvalue weighted by molar-refractivity contribution is 0.160. The molecule has 0 radical (unpaired) electrons. The van der Waals surface area contributed by atoms with E-state index >= 15 is 0 Å². The van der Waals surface area contributed by atoms with Gasteiger partial charge in [-0.25, -0.2) is 0 Å². The molecule has 1 aliphatic rings. The Balaban J connectivity index is 1.68. The van der Waals surface area contributed by atoms with Crippen LogP contribution in [0.4, 0.5) is 0 Å². The molecule has 20 heavy (non-hydrogen) atoms. The van der Waals surface area contributed by atoms with Gasteiger partial charge in [0.25, 0.3) is 0 Å². The third-order valence-electron chi connectivity index (χ3n) is 4.03. The number of rotatable bonds is 6. The van der Waals surface area contributed by atoms with Crippen LogP contribution in [-0.4, -0.2) is 43.9 Å². The van der Waals surface area contributed by atoms with Crippen LogP contribution in [0.1, 0.15) is 38.2 Å². The molecule has 1 saturated heterocycles. The number of hydrogen-bond donors (Lipinski definition) is 0. The summed E-state index contributed by atoms with van der Waals surface area (Å²) in [4.78, 5) is 7.12. The monoisotopic (exact) mass is 274 g/mol. The normalized spacial score (nSPS) is 20.4. The third-order valence-corrected chi connectivity index (χ3v) is 4.03. The number of hydrogen-bond acceptors (Lipinski definition) is 3. The van der Waals surface area contributed by atoms with Gasteiger partial charge in [-0.3, -0.25) is 4.99 Å². The van der Waals surface area contributed by atoms with Crippen LogP contribution in [0.2, 0.25) is 0 Å². The van der Waals surface area contributed by atoms with Crippen molar-refractivity contribution in [3.63, 3.8) is 0 Å². The summed E-state index contributed by atoms with van der Waals surface area (Å²) in [5.41, 5.74) is 1.14. The highest BCUT2D eigenvalue weighted by atomic mass is 16.5. The molecule has 0 N–H and O–H groups in total. The highest BCUT2D eigenvalue weighted by Crippen LogP contribution is 2.16. The maximum Gasteiger partial charge on any atom is 0.118 e. The Morgan fingerprint density at radius 3 is 2.80 bits per heavy atom. The maximum absolute atomic E-state index is 5.14. The minimum atomic E-state index is 0.759. The minimum Gasteiger partial charge on any atom is -0.497 e. The Kier molecular flexibility index (Phi) is 6.06. The van der Waals surface area contributed by atoms with Crippen LogP contribution in [-0.2, 0) is 0 Å². The zero-order valence-electron chi connectivity index (χ0n) is 12.7. The van der Waals surface area contributed by atoms with Crippen molar-refractivity contribution in [2.45, 2.75) is 38.6 Å².